The fraction of sp³-hybridized carbons (Fsp3) is 0.633. The maximum atomic E-state index is 14.4. The van der Waals surface area contributed by atoms with E-state index >= 15 is 0 Å². The van der Waals surface area contributed by atoms with Crippen LogP contribution in [0.5, 0.6) is 5.75 Å². The second-order valence-electron chi connectivity index (χ2n) is 19.4. The smallest absolute Gasteiger partial charge is 0.322 e. The van der Waals surface area contributed by atoms with Crippen LogP contribution in [-0.4, -0.2) is 171 Å². The highest BCUT2D eigenvalue weighted by Gasteiger charge is 2.41. The number of benzene rings is 1. The Balaban J connectivity index is 2.41. The fourth-order valence-corrected chi connectivity index (χ4v) is 8.45. The molecule has 2 rings (SSSR count). The van der Waals surface area contributed by atoms with Crippen LogP contribution >= 0.6 is 11.8 Å². The van der Waals surface area contributed by atoms with Crippen LogP contribution in [0.2, 0.25) is 0 Å². The number of aliphatic carboxylic acids is 2. The molecule has 1 aromatic rings. The van der Waals surface area contributed by atoms with E-state index in [0.717, 1.165) is 4.90 Å². The molecule has 0 unspecified atom stereocenters. The van der Waals surface area contributed by atoms with Gasteiger partial charge >= 0.3 is 11.9 Å². The number of carboxylic acids is 2. The highest BCUT2D eigenvalue weighted by molar-refractivity contribution is 7.98. The number of rotatable bonds is 33. The van der Waals surface area contributed by atoms with E-state index in [9.17, 15) is 67.7 Å². The minimum absolute atomic E-state index is 0.0440. The number of phenolic OH excluding ortho intramolecular Hbond substituents is 1. The topological polar surface area (TPSA) is 417 Å². The molecule has 9 atom stereocenters. The van der Waals surface area contributed by atoms with Gasteiger partial charge in [0.2, 0.25) is 59.1 Å². The van der Waals surface area contributed by atoms with E-state index in [4.69, 9.17) is 16.6 Å². The second kappa shape index (κ2) is 32.4. The Kier molecular flexibility index (Phi) is 27.8. The first kappa shape index (κ1) is 65.1. The van der Waals surface area contributed by atoms with Crippen molar-refractivity contribution in [3.8, 4) is 5.75 Å². The fourth-order valence-electron chi connectivity index (χ4n) is 7.96. The van der Waals surface area contributed by atoms with Crippen molar-refractivity contribution < 1.29 is 72.9 Å². The molecule has 424 valence electrons. The van der Waals surface area contributed by atoms with E-state index in [1.165, 1.54) is 36.0 Å². The molecular formula is C49H77N11O15S. The molecule has 0 aliphatic carbocycles. The van der Waals surface area contributed by atoms with Gasteiger partial charge in [-0.3, -0.25) is 57.5 Å². The van der Waals surface area contributed by atoms with Gasteiger partial charge in [0.25, 0.3) is 0 Å². The van der Waals surface area contributed by atoms with Crippen LogP contribution in [0.1, 0.15) is 98.5 Å². The van der Waals surface area contributed by atoms with Crippen LogP contribution in [0.25, 0.3) is 0 Å². The van der Waals surface area contributed by atoms with E-state index in [2.05, 4.69) is 42.5 Å². The molecule has 1 aliphatic heterocycles. The zero-order valence-corrected chi connectivity index (χ0v) is 44.9. The van der Waals surface area contributed by atoms with Gasteiger partial charge in [-0.25, -0.2) is 0 Å². The Labute approximate surface area is 445 Å². The number of carbonyl (C=O) groups is 12. The van der Waals surface area contributed by atoms with Crippen molar-refractivity contribution in [1.29, 1.82) is 0 Å². The summed E-state index contributed by atoms with van der Waals surface area (Å²) >= 11 is 1.51. The first-order valence-corrected chi connectivity index (χ1v) is 26.5. The average molecular weight is 1090 g/mol. The van der Waals surface area contributed by atoms with Crippen molar-refractivity contribution in [2.45, 2.75) is 148 Å². The van der Waals surface area contributed by atoms with Gasteiger partial charge in [-0.05, 0) is 79.6 Å². The van der Waals surface area contributed by atoms with E-state index in [-0.39, 0.29) is 43.9 Å². The van der Waals surface area contributed by atoms with Crippen LogP contribution in [0.15, 0.2) is 24.3 Å². The Morgan fingerprint density at radius 2 is 1.29 bits per heavy atom. The van der Waals surface area contributed by atoms with Crippen LogP contribution in [-0.2, 0) is 64.0 Å². The Hall–Kier alpha value is -7.03. The van der Waals surface area contributed by atoms with Crippen LogP contribution in [0, 0.1) is 17.8 Å². The molecule has 1 aromatic carbocycles. The van der Waals surface area contributed by atoms with Gasteiger partial charge in [0.05, 0.1) is 19.0 Å². The molecular weight excluding hydrogens is 1010 g/mol. The molecule has 26 nitrogen and oxygen atoms in total. The van der Waals surface area contributed by atoms with Gasteiger partial charge in [-0.1, -0.05) is 60.1 Å². The molecule has 0 bridgehead atoms. The van der Waals surface area contributed by atoms with Crippen molar-refractivity contribution in [3.05, 3.63) is 29.8 Å². The lowest BCUT2D eigenvalue weighted by atomic mass is 9.95. The molecule has 0 spiro atoms. The first-order valence-electron chi connectivity index (χ1n) is 25.1. The minimum atomic E-state index is -1.69. The molecule has 0 saturated carbocycles. The zero-order valence-electron chi connectivity index (χ0n) is 44.1. The highest BCUT2D eigenvalue weighted by atomic mass is 32.2. The number of carboxylic acid groups (broad SMARTS) is 2. The average Bonchev–Trinajstić information content (AvgIpc) is 3.85. The molecule has 1 aliphatic rings. The summed E-state index contributed by atoms with van der Waals surface area (Å²) in [7, 11) is 0. The summed E-state index contributed by atoms with van der Waals surface area (Å²) in [4.78, 5) is 159. The van der Waals surface area contributed by atoms with Crippen molar-refractivity contribution >= 4 is 82.8 Å². The number of amides is 10. The van der Waals surface area contributed by atoms with Crippen LogP contribution in [0.4, 0.5) is 0 Å². The summed E-state index contributed by atoms with van der Waals surface area (Å²) in [6, 6.07) is -4.95. The van der Waals surface area contributed by atoms with Gasteiger partial charge in [-0.2, -0.15) is 11.8 Å². The van der Waals surface area contributed by atoms with Crippen LogP contribution < -0.4 is 54.0 Å². The summed E-state index contributed by atoms with van der Waals surface area (Å²) in [5, 5.41) is 48.3. The lowest BCUT2D eigenvalue weighted by molar-refractivity contribution is -0.144. The third kappa shape index (κ3) is 22.4. The zero-order chi connectivity index (χ0) is 57.4. The normalized spacial score (nSPS) is 16.3. The van der Waals surface area contributed by atoms with Crippen molar-refractivity contribution in [3.63, 3.8) is 0 Å². The lowest BCUT2D eigenvalue weighted by Crippen LogP contribution is -2.62. The summed E-state index contributed by atoms with van der Waals surface area (Å²) in [5.41, 5.74) is 11.9. The monoisotopic (exact) mass is 1090 g/mol. The Bertz CT molecular complexity index is 2220. The summed E-state index contributed by atoms with van der Waals surface area (Å²) in [6.45, 7) is 8.87. The van der Waals surface area contributed by atoms with Crippen molar-refractivity contribution in [2.75, 3.05) is 31.6 Å². The molecule has 1 heterocycles. The summed E-state index contributed by atoms with van der Waals surface area (Å²) < 4.78 is 0. The van der Waals surface area contributed by atoms with Crippen LogP contribution in [0.3, 0.4) is 0 Å². The van der Waals surface area contributed by atoms with E-state index < -0.39 is 164 Å². The third-order valence-electron chi connectivity index (χ3n) is 12.4. The van der Waals surface area contributed by atoms with E-state index in [0.29, 0.717) is 24.2 Å². The maximum absolute atomic E-state index is 14.4. The number of nitrogens with zero attached hydrogens (tertiary/aromatic N) is 1. The van der Waals surface area contributed by atoms with Crippen molar-refractivity contribution in [2.24, 2.45) is 29.2 Å². The summed E-state index contributed by atoms with van der Waals surface area (Å²) in [5.74, 6) is -12.0. The minimum Gasteiger partial charge on any atom is -0.508 e. The number of hydrogen-bond acceptors (Lipinski definition) is 15. The standard InChI is InChI=1S/C49H77N11O15S/c1-8-27(6)41(59-44(70)32(20-25(2)3)54-37(63)23-52-42(68)30(50)17-19-76-7)48(74)56-33(21-28-11-13-29(61)14-12-28)45(71)58-40(26(4)5)47(73)57-34(22-36(51)62)49(75)60-18-9-10-35(60)46(72)55-31(15-16-38(64)65)43(69)53-24-39(66)67/h11-14,25-27,30-35,40-41,61H,8-10,15-24,50H2,1-7H3,(H2,51,62)(H,52,68)(H,53,69)(H,54,63)(H,55,72)(H,56,74)(H,57,73)(H,58,71)(H,59,70)(H,64,65)(H,66,67)/t27-,30-,31-,32-,33-,34-,35-,40-,41-/m0/s1. The van der Waals surface area contributed by atoms with Crippen molar-refractivity contribution in [1.82, 2.24) is 47.4 Å². The number of likely N-dealkylation sites (tertiary alicyclic amines) is 1. The molecule has 10 amide bonds. The highest BCUT2D eigenvalue weighted by Crippen LogP contribution is 2.21. The second-order valence-corrected chi connectivity index (χ2v) is 20.4. The lowest BCUT2D eigenvalue weighted by Gasteiger charge is -2.31. The number of thioether (sulfide) groups is 1. The van der Waals surface area contributed by atoms with E-state index in [1.807, 2.05) is 20.1 Å². The van der Waals surface area contributed by atoms with Gasteiger partial charge in [0, 0.05) is 19.4 Å². The largest absolute Gasteiger partial charge is 0.508 e. The SMILES string of the molecule is CC[C@H](C)[C@H](NC(=O)[C@H](CC(C)C)NC(=O)CNC(=O)[C@@H](N)CCSC)C(=O)N[C@@H](Cc1ccc(O)cc1)C(=O)N[C@H](C(=O)N[C@@H](CC(N)=O)C(=O)N1CCC[C@H]1C(=O)N[C@@H](CCC(=O)O)C(=O)NCC(=O)O)C(C)C. The van der Waals surface area contributed by atoms with E-state index in [1.54, 1.807) is 27.7 Å². The molecule has 1 fully saturated rings. The first-order chi connectivity index (χ1) is 35.7. The molecule has 15 N–H and O–H groups in total. The molecule has 76 heavy (non-hydrogen) atoms. The van der Waals surface area contributed by atoms with Gasteiger partial charge in [0.1, 0.15) is 54.6 Å². The number of aromatic hydroxyl groups is 1. The number of carbonyl (C=O) groups excluding carboxylic acids is 10. The maximum Gasteiger partial charge on any atom is 0.322 e. The predicted octanol–water partition coefficient (Wildman–Crippen LogP) is -2.28. The number of hydrogen-bond donors (Lipinski definition) is 13. The third-order valence-corrected chi connectivity index (χ3v) is 13.0. The molecule has 27 heteroatoms. The molecule has 1 saturated heterocycles. The Morgan fingerprint density at radius 1 is 0.697 bits per heavy atom. The summed E-state index contributed by atoms with van der Waals surface area (Å²) in [6.07, 6.45) is 1.07. The van der Waals surface area contributed by atoms with Gasteiger partial charge in [-0.15, -0.1) is 0 Å². The molecule has 0 aromatic heterocycles. The quantitative estimate of drug-likeness (QED) is 0.0353. The Morgan fingerprint density at radius 3 is 1.86 bits per heavy atom. The number of nitrogens with one attached hydrogen (secondary N) is 8. The number of primary amides is 1. The van der Waals surface area contributed by atoms with Gasteiger partial charge in [0.15, 0.2) is 0 Å². The predicted molar refractivity (Wildman–Crippen MR) is 277 cm³/mol. The number of phenols is 1. The van der Waals surface area contributed by atoms with Gasteiger partial charge < -0.3 is 74.2 Å². The number of nitrogens with two attached hydrogens (primary N) is 2. The molecule has 0 radical (unpaired) electrons.